The Morgan fingerprint density at radius 3 is 2.89 bits per heavy atom. The fourth-order valence-corrected chi connectivity index (χ4v) is 4.24. The van der Waals surface area contributed by atoms with Gasteiger partial charge in [0.25, 0.3) is 0 Å². The van der Waals surface area contributed by atoms with Crippen molar-refractivity contribution in [1.29, 1.82) is 0 Å². The molecule has 0 radical (unpaired) electrons. The quantitative estimate of drug-likeness (QED) is 0.545. The number of morpholine rings is 1. The molecule has 0 spiro atoms. The fourth-order valence-electron chi connectivity index (χ4n) is 3.49. The van der Waals surface area contributed by atoms with Crippen molar-refractivity contribution in [1.82, 2.24) is 24.7 Å². The van der Waals surface area contributed by atoms with Crippen LogP contribution >= 0.6 is 11.3 Å². The Kier molecular flexibility index (Phi) is 4.41. The predicted molar refractivity (Wildman–Crippen MR) is 105 cm³/mol. The molecule has 0 amide bonds. The van der Waals surface area contributed by atoms with Gasteiger partial charge in [-0.2, -0.15) is 0 Å². The number of fused-ring (bicyclic) bond motifs is 1. The molecule has 4 aromatic rings. The highest BCUT2D eigenvalue weighted by Gasteiger charge is 2.26. The molecule has 7 heteroatoms. The van der Waals surface area contributed by atoms with Crippen LogP contribution in [0.2, 0.25) is 0 Å². The Balaban J connectivity index is 1.39. The maximum absolute atomic E-state index is 6.03. The van der Waals surface area contributed by atoms with Crippen molar-refractivity contribution < 1.29 is 4.74 Å². The second-order valence-corrected chi connectivity index (χ2v) is 7.66. The molecular weight excluding hydrogens is 358 g/mol. The SMILES string of the molecule is c1csc(CN2CCO[C@@H](c3nnn4cc(-c5ccncc5)ccc34)C2)c1. The first kappa shape index (κ1) is 16.6. The Morgan fingerprint density at radius 1 is 1.11 bits per heavy atom. The lowest BCUT2D eigenvalue weighted by Crippen LogP contribution is -2.37. The largest absolute Gasteiger partial charge is 0.369 e. The highest BCUT2D eigenvalue weighted by Crippen LogP contribution is 2.27. The summed E-state index contributed by atoms with van der Waals surface area (Å²) in [7, 11) is 0. The van der Waals surface area contributed by atoms with Crippen molar-refractivity contribution >= 4 is 16.9 Å². The van der Waals surface area contributed by atoms with Crippen LogP contribution in [0, 0.1) is 0 Å². The third kappa shape index (κ3) is 3.37. The minimum absolute atomic E-state index is 0.0528. The first-order valence-corrected chi connectivity index (χ1v) is 9.86. The normalized spacial score (nSPS) is 18.1. The van der Waals surface area contributed by atoms with Gasteiger partial charge in [0.15, 0.2) is 0 Å². The molecule has 136 valence electrons. The number of rotatable bonds is 4. The Bertz CT molecular complexity index is 1030. The number of aromatic nitrogens is 4. The van der Waals surface area contributed by atoms with Crippen LogP contribution in [0.25, 0.3) is 16.6 Å². The van der Waals surface area contributed by atoms with Crippen molar-refractivity contribution in [2.45, 2.75) is 12.6 Å². The van der Waals surface area contributed by atoms with Gasteiger partial charge < -0.3 is 4.74 Å². The molecule has 1 fully saturated rings. The lowest BCUT2D eigenvalue weighted by molar-refractivity contribution is -0.0340. The maximum Gasteiger partial charge on any atom is 0.121 e. The van der Waals surface area contributed by atoms with E-state index in [0.29, 0.717) is 6.61 Å². The minimum Gasteiger partial charge on any atom is -0.369 e. The van der Waals surface area contributed by atoms with Gasteiger partial charge in [-0.3, -0.25) is 9.88 Å². The zero-order chi connectivity index (χ0) is 18.1. The van der Waals surface area contributed by atoms with E-state index in [4.69, 9.17) is 4.74 Å². The summed E-state index contributed by atoms with van der Waals surface area (Å²) in [5, 5.41) is 10.9. The first-order chi connectivity index (χ1) is 13.4. The van der Waals surface area contributed by atoms with Crippen molar-refractivity contribution in [3.8, 4) is 11.1 Å². The van der Waals surface area contributed by atoms with Crippen LogP contribution in [0.15, 0.2) is 60.4 Å². The summed E-state index contributed by atoms with van der Waals surface area (Å²) in [6.07, 6.45) is 5.55. The molecule has 0 saturated carbocycles. The van der Waals surface area contributed by atoms with Crippen LogP contribution in [0.1, 0.15) is 16.7 Å². The summed E-state index contributed by atoms with van der Waals surface area (Å²) in [4.78, 5) is 7.88. The smallest absolute Gasteiger partial charge is 0.121 e. The predicted octanol–water partition coefficient (Wildman–Crippen LogP) is 3.43. The van der Waals surface area contributed by atoms with E-state index in [0.717, 1.165) is 42.0 Å². The lowest BCUT2D eigenvalue weighted by Gasteiger charge is -2.31. The number of hydrogen-bond donors (Lipinski definition) is 0. The molecule has 5 rings (SSSR count). The van der Waals surface area contributed by atoms with Gasteiger partial charge in [-0.05, 0) is 35.2 Å². The summed E-state index contributed by atoms with van der Waals surface area (Å²) in [6.45, 7) is 3.45. The molecule has 0 N–H and O–H groups in total. The van der Waals surface area contributed by atoms with Crippen molar-refractivity contribution in [3.63, 3.8) is 0 Å². The number of pyridine rings is 2. The highest BCUT2D eigenvalue weighted by molar-refractivity contribution is 7.09. The van der Waals surface area contributed by atoms with E-state index in [-0.39, 0.29) is 6.10 Å². The summed E-state index contributed by atoms with van der Waals surface area (Å²) in [6, 6.07) is 12.4. The van der Waals surface area contributed by atoms with E-state index in [1.165, 1.54) is 4.88 Å². The Hall–Kier alpha value is -2.61. The number of nitrogens with zero attached hydrogens (tertiary/aromatic N) is 5. The van der Waals surface area contributed by atoms with E-state index < -0.39 is 0 Å². The van der Waals surface area contributed by atoms with E-state index >= 15 is 0 Å². The van der Waals surface area contributed by atoms with E-state index in [1.54, 1.807) is 23.7 Å². The van der Waals surface area contributed by atoms with E-state index in [1.807, 2.05) is 22.8 Å². The molecule has 0 aromatic carbocycles. The summed E-state index contributed by atoms with van der Waals surface area (Å²) < 4.78 is 7.87. The Labute approximate surface area is 161 Å². The van der Waals surface area contributed by atoms with Gasteiger partial charge in [0, 0.05) is 48.7 Å². The van der Waals surface area contributed by atoms with Gasteiger partial charge in [-0.25, -0.2) is 4.52 Å². The van der Waals surface area contributed by atoms with E-state index in [9.17, 15) is 0 Å². The molecule has 5 heterocycles. The molecule has 0 unspecified atom stereocenters. The van der Waals surface area contributed by atoms with Crippen molar-refractivity contribution in [2.75, 3.05) is 19.7 Å². The lowest BCUT2D eigenvalue weighted by atomic mass is 10.1. The van der Waals surface area contributed by atoms with Gasteiger partial charge in [0.05, 0.1) is 12.1 Å². The monoisotopic (exact) mass is 377 g/mol. The minimum atomic E-state index is -0.0528. The van der Waals surface area contributed by atoms with Crippen molar-refractivity contribution in [3.05, 3.63) is 70.9 Å². The van der Waals surface area contributed by atoms with Crippen LogP contribution < -0.4 is 0 Å². The second kappa shape index (κ2) is 7.19. The van der Waals surface area contributed by atoms with Crippen LogP contribution in [0.5, 0.6) is 0 Å². The number of thiophene rings is 1. The molecule has 0 bridgehead atoms. The van der Waals surface area contributed by atoms with Crippen LogP contribution in [0.4, 0.5) is 0 Å². The zero-order valence-corrected chi connectivity index (χ0v) is 15.5. The molecule has 1 saturated heterocycles. The van der Waals surface area contributed by atoms with Gasteiger partial charge in [-0.1, -0.05) is 17.3 Å². The van der Waals surface area contributed by atoms with Gasteiger partial charge in [-0.15, -0.1) is 16.4 Å². The molecule has 1 atom stereocenters. The average molecular weight is 377 g/mol. The van der Waals surface area contributed by atoms with Crippen LogP contribution in [-0.2, 0) is 11.3 Å². The first-order valence-electron chi connectivity index (χ1n) is 8.98. The second-order valence-electron chi connectivity index (χ2n) is 6.63. The number of ether oxygens (including phenoxy) is 1. The fraction of sp³-hybridized carbons (Fsp3) is 0.250. The summed E-state index contributed by atoms with van der Waals surface area (Å²) in [5.41, 5.74) is 4.10. The van der Waals surface area contributed by atoms with Crippen molar-refractivity contribution in [2.24, 2.45) is 0 Å². The maximum atomic E-state index is 6.03. The number of hydrogen-bond acceptors (Lipinski definition) is 6. The van der Waals surface area contributed by atoms with E-state index in [2.05, 4.69) is 49.8 Å². The molecule has 0 aliphatic carbocycles. The third-order valence-electron chi connectivity index (χ3n) is 4.87. The standard InChI is InChI=1S/C20H19N5OS/c1-2-17(27-11-1)13-24-9-10-26-19(14-24)20-18-4-3-16(12-25(18)23-22-20)15-5-7-21-8-6-15/h1-8,11-12,19H,9-10,13-14H2/t19-/m1/s1. The molecule has 27 heavy (non-hydrogen) atoms. The highest BCUT2D eigenvalue weighted by atomic mass is 32.1. The topological polar surface area (TPSA) is 55.5 Å². The third-order valence-corrected chi connectivity index (χ3v) is 5.73. The molecule has 4 aromatic heterocycles. The molecule has 1 aliphatic heterocycles. The average Bonchev–Trinajstić information content (AvgIpc) is 3.38. The molecule has 6 nitrogen and oxygen atoms in total. The summed E-state index contributed by atoms with van der Waals surface area (Å²) in [5.74, 6) is 0. The molecular formula is C20H19N5OS. The van der Waals surface area contributed by atoms with Crippen LogP contribution in [-0.4, -0.2) is 44.4 Å². The molecule has 1 aliphatic rings. The van der Waals surface area contributed by atoms with Gasteiger partial charge in [0.2, 0.25) is 0 Å². The summed E-state index contributed by atoms with van der Waals surface area (Å²) >= 11 is 1.80. The van der Waals surface area contributed by atoms with Crippen LogP contribution in [0.3, 0.4) is 0 Å². The zero-order valence-electron chi connectivity index (χ0n) is 14.7. The Morgan fingerprint density at radius 2 is 2.04 bits per heavy atom. The van der Waals surface area contributed by atoms with Gasteiger partial charge in [0.1, 0.15) is 11.8 Å². The van der Waals surface area contributed by atoms with Gasteiger partial charge >= 0.3 is 0 Å².